The second-order valence-electron chi connectivity index (χ2n) is 4.26. The summed E-state index contributed by atoms with van der Waals surface area (Å²) >= 11 is 5.72. The second kappa shape index (κ2) is 7.78. The molecule has 0 saturated heterocycles. The predicted octanol–water partition coefficient (Wildman–Crippen LogP) is 2.07. The monoisotopic (exact) mass is 323 g/mol. The molecule has 114 valence electrons. The standard InChI is InChI=1S/C12H19ClFN3O2S/c1-3-15-7-4-8-17(2)20(18,19)16-12-9-10(13)5-6-11(12)14/h5-6,9,15-16H,3-4,7-8H2,1-2H3. The van der Waals surface area contributed by atoms with Crippen LogP contribution in [-0.4, -0.2) is 39.4 Å². The van der Waals surface area contributed by atoms with Gasteiger partial charge >= 0.3 is 10.2 Å². The van der Waals surface area contributed by atoms with Crippen LogP contribution in [0, 0.1) is 5.82 Å². The fourth-order valence-electron chi connectivity index (χ4n) is 1.52. The van der Waals surface area contributed by atoms with E-state index in [-0.39, 0.29) is 10.7 Å². The van der Waals surface area contributed by atoms with Crippen molar-refractivity contribution >= 4 is 27.5 Å². The third-order valence-electron chi connectivity index (χ3n) is 2.65. The number of nitrogens with one attached hydrogen (secondary N) is 2. The molecule has 0 aliphatic rings. The van der Waals surface area contributed by atoms with Crippen LogP contribution in [0.25, 0.3) is 0 Å². The number of hydrogen-bond donors (Lipinski definition) is 2. The van der Waals surface area contributed by atoms with Crippen molar-refractivity contribution in [3.8, 4) is 0 Å². The van der Waals surface area contributed by atoms with Crippen molar-refractivity contribution in [2.45, 2.75) is 13.3 Å². The van der Waals surface area contributed by atoms with E-state index in [0.29, 0.717) is 13.0 Å². The number of halogens is 2. The smallest absolute Gasteiger partial charge is 0.301 e. The number of hydrogen-bond acceptors (Lipinski definition) is 3. The van der Waals surface area contributed by atoms with E-state index in [0.717, 1.165) is 23.5 Å². The maximum atomic E-state index is 13.5. The molecule has 0 radical (unpaired) electrons. The van der Waals surface area contributed by atoms with Crippen LogP contribution in [-0.2, 0) is 10.2 Å². The van der Waals surface area contributed by atoms with Crippen molar-refractivity contribution in [3.05, 3.63) is 29.0 Å². The Bertz CT molecular complexity index is 540. The summed E-state index contributed by atoms with van der Waals surface area (Å²) in [6, 6.07) is 3.71. The third kappa shape index (κ3) is 5.24. The van der Waals surface area contributed by atoms with Gasteiger partial charge in [0.15, 0.2) is 0 Å². The first-order valence-electron chi connectivity index (χ1n) is 6.26. The summed E-state index contributed by atoms with van der Waals surface area (Å²) in [4.78, 5) is 0. The van der Waals surface area contributed by atoms with Crippen molar-refractivity contribution in [1.29, 1.82) is 0 Å². The van der Waals surface area contributed by atoms with E-state index in [4.69, 9.17) is 11.6 Å². The van der Waals surface area contributed by atoms with Crippen molar-refractivity contribution in [2.75, 3.05) is 31.4 Å². The molecule has 20 heavy (non-hydrogen) atoms. The van der Waals surface area contributed by atoms with Crippen LogP contribution in [0.15, 0.2) is 18.2 Å². The lowest BCUT2D eigenvalue weighted by Crippen LogP contribution is -2.34. The van der Waals surface area contributed by atoms with Gasteiger partial charge in [0.1, 0.15) is 5.82 Å². The molecule has 0 aromatic heterocycles. The molecular weight excluding hydrogens is 305 g/mol. The second-order valence-corrected chi connectivity index (χ2v) is 6.47. The van der Waals surface area contributed by atoms with Gasteiger partial charge in [0.2, 0.25) is 0 Å². The highest BCUT2D eigenvalue weighted by molar-refractivity contribution is 7.90. The summed E-state index contributed by atoms with van der Waals surface area (Å²) in [5.41, 5.74) is -0.156. The van der Waals surface area contributed by atoms with E-state index in [1.165, 1.54) is 19.2 Å². The lowest BCUT2D eigenvalue weighted by Gasteiger charge is -2.18. The van der Waals surface area contributed by atoms with Gasteiger partial charge in [-0.1, -0.05) is 18.5 Å². The summed E-state index contributed by atoms with van der Waals surface area (Å²) in [6.07, 6.45) is 0.670. The van der Waals surface area contributed by atoms with Gasteiger partial charge in [0.05, 0.1) is 5.69 Å². The summed E-state index contributed by atoms with van der Waals surface area (Å²) in [7, 11) is -2.34. The molecule has 5 nitrogen and oxygen atoms in total. The minimum absolute atomic E-state index is 0.156. The van der Waals surface area contributed by atoms with E-state index in [1.54, 1.807) is 0 Å². The van der Waals surface area contributed by atoms with Crippen LogP contribution in [0.3, 0.4) is 0 Å². The van der Waals surface area contributed by atoms with E-state index in [2.05, 4.69) is 10.0 Å². The first-order valence-corrected chi connectivity index (χ1v) is 8.08. The molecule has 1 aromatic rings. The predicted molar refractivity (Wildman–Crippen MR) is 79.7 cm³/mol. The molecule has 0 spiro atoms. The van der Waals surface area contributed by atoms with Gasteiger partial charge in [0, 0.05) is 18.6 Å². The van der Waals surface area contributed by atoms with Crippen molar-refractivity contribution in [3.63, 3.8) is 0 Å². The quantitative estimate of drug-likeness (QED) is 0.720. The number of rotatable bonds is 8. The molecule has 0 amide bonds. The van der Waals surface area contributed by atoms with Gasteiger partial charge in [0.25, 0.3) is 0 Å². The molecule has 0 heterocycles. The molecule has 0 fully saturated rings. The molecule has 1 rings (SSSR count). The largest absolute Gasteiger partial charge is 0.317 e. The first-order chi connectivity index (χ1) is 9.36. The minimum Gasteiger partial charge on any atom is -0.317 e. The highest BCUT2D eigenvalue weighted by atomic mass is 35.5. The maximum absolute atomic E-state index is 13.5. The Morgan fingerprint density at radius 2 is 2.10 bits per heavy atom. The minimum atomic E-state index is -3.78. The fraction of sp³-hybridized carbons (Fsp3) is 0.500. The lowest BCUT2D eigenvalue weighted by atomic mass is 10.3. The molecule has 2 N–H and O–H groups in total. The van der Waals surface area contributed by atoms with E-state index in [1.807, 2.05) is 6.92 Å². The van der Waals surface area contributed by atoms with Crippen LogP contribution < -0.4 is 10.0 Å². The summed E-state index contributed by atoms with van der Waals surface area (Å²) < 4.78 is 40.9. The van der Waals surface area contributed by atoms with Gasteiger partial charge < -0.3 is 5.32 Å². The van der Waals surface area contributed by atoms with E-state index < -0.39 is 16.0 Å². The van der Waals surface area contributed by atoms with Gasteiger partial charge in [-0.15, -0.1) is 0 Å². The van der Waals surface area contributed by atoms with E-state index in [9.17, 15) is 12.8 Å². The molecule has 0 saturated carbocycles. The zero-order chi connectivity index (χ0) is 15.2. The van der Waals surface area contributed by atoms with Gasteiger partial charge in [-0.25, -0.2) is 4.39 Å². The SMILES string of the molecule is CCNCCCN(C)S(=O)(=O)Nc1cc(Cl)ccc1F. The topological polar surface area (TPSA) is 61.4 Å². The Hall–Kier alpha value is -0.890. The molecule has 0 aliphatic carbocycles. The molecule has 1 aromatic carbocycles. The first kappa shape index (κ1) is 17.2. The van der Waals surface area contributed by atoms with Crippen molar-refractivity contribution in [2.24, 2.45) is 0 Å². The van der Waals surface area contributed by atoms with Crippen LogP contribution in [0.5, 0.6) is 0 Å². The van der Waals surface area contributed by atoms with Crippen LogP contribution in [0.2, 0.25) is 5.02 Å². The Kier molecular flexibility index (Phi) is 6.67. The third-order valence-corrected chi connectivity index (χ3v) is 4.37. The molecule has 0 bridgehead atoms. The normalized spacial score (nSPS) is 11.8. The molecule has 0 atom stereocenters. The molecule has 0 aliphatic heterocycles. The van der Waals surface area contributed by atoms with Crippen LogP contribution >= 0.6 is 11.6 Å². The Labute approximate surface area is 124 Å². The van der Waals surface area contributed by atoms with Crippen molar-refractivity contribution in [1.82, 2.24) is 9.62 Å². The average Bonchev–Trinajstić information content (AvgIpc) is 2.38. The zero-order valence-electron chi connectivity index (χ0n) is 11.5. The van der Waals surface area contributed by atoms with E-state index >= 15 is 0 Å². The van der Waals surface area contributed by atoms with Crippen LogP contribution in [0.1, 0.15) is 13.3 Å². The maximum Gasteiger partial charge on any atom is 0.301 e. The average molecular weight is 324 g/mol. The molecule has 0 unspecified atom stereocenters. The lowest BCUT2D eigenvalue weighted by molar-refractivity contribution is 0.459. The zero-order valence-corrected chi connectivity index (χ0v) is 13.1. The summed E-state index contributed by atoms with van der Waals surface area (Å²) in [5, 5.41) is 3.36. The number of anilines is 1. The highest BCUT2D eigenvalue weighted by Crippen LogP contribution is 2.21. The van der Waals surface area contributed by atoms with Crippen LogP contribution in [0.4, 0.5) is 10.1 Å². The Morgan fingerprint density at radius 3 is 2.75 bits per heavy atom. The van der Waals surface area contributed by atoms with Gasteiger partial charge in [-0.3, -0.25) is 4.72 Å². The molecule has 8 heteroatoms. The van der Waals surface area contributed by atoms with Gasteiger partial charge in [-0.2, -0.15) is 12.7 Å². The fourth-order valence-corrected chi connectivity index (χ4v) is 2.65. The Morgan fingerprint density at radius 1 is 1.40 bits per heavy atom. The number of nitrogens with zero attached hydrogens (tertiary/aromatic N) is 1. The molecular formula is C12H19ClFN3O2S. The van der Waals surface area contributed by atoms with Crippen molar-refractivity contribution < 1.29 is 12.8 Å². The Balaban J connectivity index is 2.66. The summed E-state index contributed by atoms with van der Waals surface area (Å²) in [5.74, 6) is -0.668. The summed E-state index contributed by atoms with van der Waals surface area (Å²) in [6.45, 7) is 3.87. The highest BCUT2D eigenvalue weighted by Gasteiger charge is 2.18. The number of benzene rings is 1. The van der Waals surface area contributed by atoms with Gasteiger partial charge in [-0.05, 0) is 37.7 Å².